The van der Waals surface area contributed by atoms with Gasteiger partial charge in [0.15, 0.2) is 0 Å². The average molecular weight is 340 g/mol. The fourth-order valence-corrected chi connectivity index (χ4v) is 2.77. The van der Waals surface area contributed by atoms with Crippen LogP contribution in [0.25, 0.3) is 0 Å². The van der Waals surface area contributed by atoms with Gasteiger partial charge in [-0.3, -0.25) is 9.59 Å². The number of aliphatic carboxylic acids is 1. The van der Waals surface area contributed by atoms with Crippen molar-refractivity contribution in [3.05, 3.63) is 51.5 Å². The minimum absolute atomic E-state index is 0.0811. The Morgan fingerprint density at radius 2 is 2.13 bits per heavy atom. The largest absolute Gasteiger partial charge is 0.481 e. The van der Waals surface area contributed by atoms with Crippen molar-refractivity contribution < 1.29 is 23.5 Å². The van der Waals surface area contributed by atoms with Crippen molar-refractivity contribution in [3.63, 3.8) is 0 Å². The van der Waals surface area contributed by atoms with Gasteiger partial charge in [-0.25, -0.2) is 13.8 Å². The Labute approximate surface area is 135 Å². The molecule has 0 bridgehead atoms. The summed E-state index contributed by atoms with van der Waals surface area (Å²) in [7, 11) is 0. The van der Waals surface area contributed by atoms with Crippen molar-refractivity contribution in [2.75, 3.05) is 0 Å². The summed E-state index contributed by atoms with van der Waals surface area (Å²) >= 11 is 1.18. The Kier molecular flexibility index (Phi) is 5.38. The number of benzene rings is 1. The molecule has 1 aromatic heterocycles. The molecule has 2 rings (SSSR count). The van der Waals surface area contributed by atoms with Crippen LogP contribution in [0.3, 0.4) is 0 Å². The number of halogens is 2. The normalized spacial score (nSPS) is 12.0. The number of carboxylic acid groups (broad SMARTS) is 1. The fourth-order valence-electron chi connectivity index (χ4n) is 2.01. The average Bonchev–Trinajstić information content (AvgIpc) is 2.95. The van der Waals surface area contributed by atoms with E-state index in [0.29, 0.717) is 17.4 Å². The van der Waals surface area contributed by atoms with E-state index in [0.717, 1.165) is 17.1 Å². The first-order chi connectivity index (χ1) is 10.9. The van der Waals surface area contributed by atoms with Crippen LogP contribution in [-0.4, -0.2) is 22.0 Å². The van der Waals surface area contributed by atoms with Gasteiger partial charge in [-0.05, 0) is 12.5 Å². The third kappa shape index (κ3) is 4.32. The zero-order chi connectivity index (χ0) is 17.0. The number of hydrogen-bond acceptors (Lipinski definition) is 4. The molecule has 2 N–H and O–H groups in total. The van der Waals surface area contributed by atoms with Crippen LogP contribution in [0.1, 0.15) is 39.6 Å². The molecule has 1 heterocycles. The summed E-state index contributed by atoms with van der Waals surface area (Å²) < 4.78 is 26.9. The van der Waals surface area contributed by atoms with Gasteiger partial charge in [0.2, 0.25) is 0 Å². The molecule has 0 saturated heterocycles. The molecule has 0 aliphatic rings. The SMILES string of the molecule is CCc1ncc(C(=O)N[C@@H](CC(=O)O)c2ccc(F)cc2F)s1. The highest BCUT2D eigenvalue weighted by atomic mass is 32.1. The number of aromatic nitrogens is 1. The van der Waals surface area contributed by atoms with Crippen molar-refractivity contribution in [1.82, 2.24) is 10.3 Å². The van der Waals surface area contributed by atoms with Crippen LogP contribution in [0.4, 0.5) is 8.78 Å². The molecule has 1 atom stereocenters. The van der Waals surface area contributed by atoms with E-state index in [2.05, 4.69) is 10.3 Å². The van der Waals surface area contributed by atoms with Gasteiger partial charge in [-0.1, -0.05) is 13.0 Å². The maximum atomic E-state index is 13.9. The number of carboxylic acids is 1. The van der Waals surface area contributed by atoms with Gasteiger partial charge in [0, 0.05) is 11.6 Å². The summed E-state index contributed by atoms with van der Waals surface area (Å²) in [5.74, 6) is -3.44. The molecule has 0 spiro atoms. The second-order valence-electron chi connectivity index (χ2n) is 4.76. The van der Waals surface area contributed by atoms with Crippen LogP contribution in [0.2, 0.25) is 0 Å². The van der Waals surface area contributed by atoms with Crippen molar-refractivity contribution in [2.45, 2.75) is 25.8 Å². The van der Waals surface area contributed by atoms with Gasteiger partial charge < -0.3 is 10.4 Å². The Bertz CT molecular complexity index is 733. The number of thiazole rings is 1. The van der Waals surface area contributed by atoms with Gasteiger partial charge in [0.25, 0.3) is 5.91 Å². The van der Waals surface area contributed by atoms with Gasteiger partial charge in [-0.2, -0.15) is 0 Å². The van der Waals surface area contributed by atoms with E-state index < -0.39 is 36.0 Å². The Morgan fingerprint density at radius 1 is 1.39 bits per heavy atom. The lowest BCUT2D eigenvalue weighted by Crippen LogP contribution is -2.30. The smallest absolute Gasteiger partial charge is 0.305 e. The molecular weight excluding hydrogens is 326 g/mol. The molecule has 1 amide bonds. The number of carbonyl (C=O) groups excluding carboxylic acids is 1. The summed E-state index contributed by atoms with van der Waals surface area (Å²) in [6.07, 6.45) is 1.54. The molecule has 2 aromatic rings. The first-order valence-corrected chi connectivity index (χ1v) is 7.64. The van der Waals surface area contributed by atoms with E-state index in [1.54, 1.807) is 0 Å². The summed E-state index contributed by atoms with van der Waals surface area (Å²) in [4.78, 5) is 27.5. The van der Waals surface area contributed by atoms with Crippen molar-refractivity contribution in [2.24, 2.45) is 0 Å². The van der Waals surface area contributed by atoms with Crippen LogP contribution in [-0.2, 0) is 11.2 Å². The number of carbonyl (C=O) groups is 2. The molecule has 122 valence electrons. The lowest BCUT2D eigenvalue weighted by molar-refractivity contribution is -0.137. The van der Waals surface area contributed by atoms with Crippen LogP contribution in [0, 0.1) is 11.6 Å². The molecular formula is C15H14F2N2O3S. The second-order valence-corrected chi connectivity index (χ2v) is 5.88. The maximum Gasteiger partial charge on any atom is 0.305 e. The third-order valence-corrected chi connectivity index (χ3v) is 4.24. The molecule has 1 aromatic carbocycles. The zero-order valence-corrected chi connectivity index (χ0v) is 13.0. The van der Waals surface area contributed by atoms with Crippen LogP contribution < -0.4 is 5.32 Å². The van der Waals surface area contributed by atoms with E-state index in [4.69, 9.17) is 5.11 Å². The van der Waals surface area contributed by atoms with Gasteiger partial charge >= 0.3 is 5.97 Å². The predicted molar refractivity (Wildman–Crippen MR) is 80.3 cm³/mol. The molecule has 8 heteroatoms. The number of rotatable bonds is 6. The number of nitrogens with zero attached hydrogens (tertiary/aromatic N) is 1. The van der Waals surface area contributed by atoms with Crippen LogP contribution in [0.15, 0.2) is 24.4 Å². The van der Waals surface area contributed by atoms with Gasteiger partial charge in [-0.15, -0.1) is 11.3 Å². The lowest BCUT2D eigenvalue weighted by atomic mass is 10.0. The maximum absolute atomic E-state index is 13.9. The topological polar surface area (TPSA) is 79.3 Å². The van der Waals surface area contributed by atoms with Gasteiger partial charge in [0.05, 0.1) is 23.7 Å². The summed E-state index contributed by atoms with van der Waals surface area (Å²) in [6, 6.07) is 1.69. The van der Waals surface area contributed by atoms with Crippen LogP contribution >= 0.6 is 11.3 Å². The number of hydrogen-bond donors (Lipinski definition) is 2. The van der Waals surface area contributed by atoms with E-state index >= 15 is 0 Å². The zero-order valence-electron chi connectivity index (χ0n) is 12.2. The van der Waals surface area contributed by atoms with Crippen LogP contribution in [0.5, 0.6) is 0 Å². The summed E-state index contributed by atoms with van der Waals surface area (Å²) in [5, 5.41) is 12.2. The second kappa shape index (κ2) is 7.28. The number of nitrogens with one attached hydrogen (secondary N) is 1. The standard InChI is InChI=1S/C15H14F2N2O3S/c1-2-13-18-7-12(23-13)15(22)19-11(6-14(20)21)9-4-3-8(16)5-10(9)17/h3-5,7,11H,2,6H2,1H3,(H,19,22)(H,20,21)/t11-/m0/s1. The first kappa shape index (κ1) is 17.0. The van der Waals surface area contributed by atoms with Crippen molar-refractivity contribution in [1.29, 1.82) is 0 Å². The molecule has 5 nitrogen and oxygen atoms in total. The molecule has 0 fully saturated rings. The number of amides is 1. The minimum Gasteiger partial charge on any atom is -0.481 e. The summed E-state index contributed by atoms with van der Waals surface area (Å²) in [6.45, 7) is 1.89. The molecule has 0 aliphatic heterocycles. The summed E-state index contributed by atoms with van der Waals surface area (Å²) in [5.41, 5.74) is -0.0811. The van der Waals surface area contributed by atoms with E-state index in [-0.39, 0.29) is 5.56 Å². The Hall–Kier alpha value is -2.35. The monoisotopic (exact) mass is 340 g/mol. The lowest BCUT2D eigenvalue weighted by Gasteiger charge is -2.17. The van der Waals surface area contributed by atoms with E-state index in [1.165, 1.54) is 17.5 Å². The predicted octanol–water partition coefficient (Wildman–Crippen LogP) is 2.93. The molecule has 0 aliphatic carbocycles. The highest BCUT2D eigenvalue weighted by Crippen LogP contribution is 2.23. The fraction of sp³-hybridized carbons (Fsp3) is 0.267. The quantitative estimate of drug-likeness (QED) is 0.847. The first-order valence-electron chi connectivity index (χ1n) is 6.83. The van der Waals surface area contributed by atoms with Crippen molar-refractivity contribution >= 4 is 23.2 Å². The van der Waals surface area contributed by atoms with Crippen molar-refractivity contribution in [3.8, 4) is 0 Å². The molecule has 0 saturated carbocycles. The van der Waals surface area contributed by atoms with E-state index in [9.17, 15) is 18.4 Å². The van der Waals surface area contributed by atoms with E-state index in [1.807, 2.05) is 6.92 Å². The Balaban J connectivity index is 2.24. The molecule has 23 heavy (non-hydrogen) atoms. The third-order valence-electron chi connectivity index (χ3n) is 3.10. The Morgan fingerprint density at radius 3 is 2.70 bits per heavy atom. The van der Waals surface area contributed by atoms with Gasteiger partial charge in [0.1, 0.15) is 16.5 Å². The molecule has 0 radical (unpaired) electrons. The number of aryl methyl sites for hydroxylation is 1. The molecule has 0 unspecified atom stereocenters. The highest BCUT2D eigenvalue weighted by Gasteiger charge is 2.23. The highest BCUT2D eigenvalue weighted by molar-refractivity contribution is 7.13. The minimum atomic E-state index is -1.21.